The summed E-state index contributed by atoms with van der Waals surface area (Å²) in [5.41, 5.74) is 2.51. The standard InChI is InChI=1S/C13H18N6OS/c1-3-9-11(20)15-4-5-19(9)10-8-6-7(2)21-12(8)17-13(16-10)18-14/h6,9H,3-5,14H2,1-2H3,(H,15,20)(H,16,17,18). The Morgan fingerprint density at radius 1 is 1.57 bits per heavy atom. The van der Waals surface area contributed by atoms with E-state index in [9.17, 15) is 4.79 Å². The number of nitrogens with two attached hydrogens (primary N) is 1. The van der Waals surface area contributed by atoms with E-state index in [2.05, 4.69) is 31.7 Å². The predicted octanol–water partition coefficient (Wildman–Crippen LogP) is 1.00. The average Bonchev–Trinajstić information content (AvgIpc) is 2.85. The summed E-state index contributed by atoms with van der Waals surface area (Å²) >= 11 is 1.60. The van der Waals surface area contributed by atoms with Crippen LogP contribution < -0.4 is 21.5 Å². The van der Waals surface area contributed by atoms with Gasteiger partial charge in [-0.2, -0.15) is 4.98 Å². The number of hydrazine groups is 1. The van der Waals surface area contributed by atoms with Crippen molar-refractivity contribution in [3.05, 3.63) is 10.9 Å². The number of hydrogen-bond acceptors (Lipinski definition) is 7. The number of fused-ring (bicyclic) bond motifs is 1. The Balaban J connectivity index is 2.15. The van der Waals surface area contributed by atoms with Crippen LogP contribution in [0, 0.1) is 6.92 Å². The molecule has 0 bridgehead atoms. The molecule has 0 radical (unpaired) electrons. The van der Waals surface area contributed by atoms with Gasteiger partial charge in [0.05, 0.1) is 5.39 Å². The molecule has 2 aromatic heterocycles. The van der Waals surface area contributed by atoms with Gasteiger partial charge in [-0.25, -0.2) is 10.8 Å². The topological polar surface area (TPSA) is 96.2 Å². The van der Waals surface area contributed by atoms with Crippen LogP contribution in [-0.2, 0) is 4.79 Å². The number of nitrogens with one attached hydrogen (secondary N) is 2. The maximum atomic E-state index is 12.1. The fourth-order valence-corrected chi connectivity index (χ4v) is 3.56. The van der Waals surface area contributed by atoms with Crippen molar-refractivity contribution in [1.82, 2.24) is 15.3 Å². The molecule has 8 heteroatoms. The highest BCUT2D eigenvalue weighted by Crippen LogP contribution is 2.33. The lowest BCUT2D eigenvalue weighted by Crippen LogP contribution is -2.55. The highest BCUT2D eigenvalue weighted by atomic mass is 32.1. The van der Waals surface area contributed by atoms with Gasteiger partial charge in [0.2, 0.25) is 11.9 Å². The van der Waals surface area contributed by atoms with Gasteiger partial charge in [-0.05, 0) is 19.4 Å². The van der Waals surface area contributed by atoms with Gasteiger partial charge < -0.3 is 10.2 Å². The molecule has 2 aromatic rings. The van der Waals surface area contributed by atoms with Gasteiger partial charge >= 0.3 is 0 Å². The first-order valence-electron chi connectivity index (χ1n) is 6.93. The lowest BCUT2D eigenvalue weighted by molar-refractivity contribution is -0.123. The Hall–Kier alpha value is -1.93. The van der Waals surface area contributed by atoms with Crippen molar-refractivity contribution in [2.45, 2.75) is 26.3 Å². The molecule has 1 fully saturated rings. The van der Waals surface area contributed by atoms with E-state index >= 15 is 0 Å². The van der Waals surface area contributed by atoms with Crippen LogP contribution in [0.15, 0.2) is 6.07 Å². The minimum atomic E-state index is -0.206. The molecule has 21 heavy (non-hydrogen) atoms. The normalized spacial score (nSPS) is 18.9. The van der Waals surface area contributed by atoms with Crippen LogP contribution >= 0.6 is 11.3 Å². The molecule has 1 atom stereocenters. The van der Waals surface area contributed by atoms with Gasteiger partial charge in [0, 0.05) is 18.0 Å². The molecule has 1 aliphatic rings. The fraction of sp³-hybridized carbons (Fsp3) is 0.462. The molecule has 4 N–H and O–H groups in total. The van der Waals surface area contributed by atoms with Crippen LogP contribution in [0.25, 0.3) is 10.2 Å². The number of aryl methyl sites for hydroxylation is 1. The molecular weight excluding hydrogens is 288 g/mol. The Morgan fingerprint density at radius 2 is 2.38 bits per heavy atom. The number of hydrogen-bond donors (Lipinski definition) is 3. The zero-order chi connectivity index (χ0) is 15.0. The summed E-state index contributed by atoms with van der Waals surface area (Å²) in [5.74, 6) is 6.67. The Morgan fingerprint density at radius 3 is 3.10 bits per heavy atom. The first kappa shape index (κ1) is 14.0. The zero-order valence-corrected chi connectivity index (χ0v) is 12.8. The van der Waals surface area contributed by atoms with E-state index in [1.165, 1.54) is 0 Å². The summed E-state index contributed by atoms with van der Waals surface area (Å²) in [6, 6.07) is 1.86. The molecule has 1 unspecified atom stereocenters. The van der Waals surface area contributed by atoms with Crippen molar-refractivity contribution in [3.63, 3.8) is 0 Å². The van der Waals surface area contributed by atoms with Gasteiger partial charge in [-0.1, -0.05) is 6.92 Å². The molecule has 7 nitrogen and oxygen atoms in total. The third-order valence-electron chi connectivity index (χ3n) is 3.61. The molecular formula is C13H18N6OS. The molecule has 1 amide bonds. The molecule has 0 aromatic carbocycles. The van der Waals surface area contributed by atoms with E-state index in [1.54, 1.807) is 11.3 Å². The number of amides is 1. The van der Waals surface area contributed by atoms with Gasteiger partial charge in [0.25, 0.3) is 0 Å². The quantitative estimate of drug-likeness (QED) is 0.578. The first-order chi connectivity index (χ1) is 10.1. The van der Waals surface area contributed by atoms with E-state index in [4.69, 9.17) is 5.84 Å². The number of aromatic nitrogens is 2. The lowest BCUT2D eigenvalue weighted by atomic mass is 10.1. The molecule has 1 aliphatic heterocycles. The highest BCUT2D eigenvalue weighted by molar-refractivity contribution is 7.18. The lowest BCUT2D eigenvalue weighted by Gasteiger charge is -2.35. The fourth-order valence-electron chi connectivity index (χ4n) is 2.68. The van der Waals surface area contributed by atoms with Gasteiger partial charge in [-0.3, -0.25) is 10.2 Å². The van der Waals surface area contributed by atoms with E-state index in [1.807, 2.05) is 13.8 Å². The van der Waals surface area contributed by atoms with Crippen molar-refractivity contribution < 1.29 is 4.79 Å². The molecule has 0 spiro atoms. The first-order valence-corrected chi connectivity index (χ1v) is 7.74. The van der Waals surface area contributed by atoms with E-state index < -0.39 is 0 Å². The third-order valence-corrected chi connectivity index (χ3v) is 4.56. The largest absolute Gasteiger partial charge is 0.353 e. The van der Waals surface area contributed by atoms with Gasteiger partial charge in [0.15, 0.2) is 0 Å². The summed E-state index contributed by atoms with van der Waals surface area (Å²) in [5, 5.41) is 3.88. The number of rotatable bonds is 3. The Labute approximate surface area is 126 Å². The van der Waals surface area contributed by atoms with E-state index in [-0.39, 0.29) is 11.9 Å². The smallest absolute Gasteiger partial charge is 0.242 e. The van der Waals surface area contributed by atoms with E-state index in [0.717, 1.165) is 33.9 Å². The molecule has 0 aliphatic carbocycles. The highest BCUT2D eigenvalue weighted by Gasteiger charge is 2.30. The van der Waals surface area contributed by atoms with Crippen molar-refractivity contribution in [2.24, 2.45) is 5.84 Å². The summed E-state index contributed by atoms with van der Waals surface area (Å²) in [6.45, 7) is 5.39. The van der Waals surface area contributed by atoms with Crippen LogP contribution in [0.2, 0.25) is 0 Å². The van der Waals surface area contributed by atoms with E-state index in [0.29, 0.717) is 12.5 Å². The maximum absolute atomic E-state index is 12.1. The maximum Gasteiger partial charge on any atom is 0.242 e. The monoisotopic (exact) mass is 306 g/mol. The van der Waals surface area contributed by atoms with Crippen molar-refractivity contribution >= 4 is 39.2 Å². The molecule has 3 heterocycles. The number of nitrogen functional groups attached to an aromatic ring is 1. The molecule has 0 saturated carbocycles. The number of piperazine rings is 1. The van der Waals surface area contributed by atoms with Crippen LogP contribution in [0.5, 0.6) is 0 Å². The minimum Gasteiger partial charge on any atom is -0.353 e. The minimum absolute atomic E-state index is 0.0460. The second-order valence-electron chi connectivity index (χ2n) is 5.00. The second kappa shape index (κ2) is 5.45. The summed E-state index contributed by atoms with van der Waals surface area (Å²) in [7, 11) is 0. The van der Waals surface area contributed by atoms with Crippen molar-refractivity contribution in [1.29, 1.82) is 0 Å². The number of carbonyl (C=O) groups excluding carboxylic acids is 1. The summed E-state index contributed by atoms with van der Waals surface area (Å²) < 4.78 is 0. The van der Waals surface area contributed by atoms with Crippen LogP contribution in [0.3, 0.4) is 0 Å². The SMILES string of the molecule is CCC1C(=O)NCCN1c1nc(NN)nc2sc(C)cc12. The van der Waals surface area contributed by atoms with Gasteiger partial charge in [-0.15, -0.1) is 11.3 Å². The molecule has 1 saturated heterocycles. The number of thiophene rings is 1. The van der Waals surface area contributed by atoms with Crippen molar-refractivity contribution in [3.8, 4) is 0 Å². The van der Waals surface area contributed by atoms with Crippen LogP contribution in [0.1, 0.15) is 18.2 Å². The Bertz CT molecular complexity index is 685. The van der Waals surface area contributed by atoms with Crippen LogP contribution in [0.4, 0.5) is 11.8 Å². The third kappa shape index (κ3) is 2.40. The summed E-state index contributed by atoms with van der Waals surface area (Å²) in [4.78, 5) is 25.0. The Kier molecular flexibility index (Phi) is 3.64. The van der Waals surface area contributed by atoms with Gasteiger partial charge in [0.1, 0.15) is 16.7 Å². The summed E-state index contributed by atoms with van der Waals surface area (Å²) in [6.07, 6.45) is 0.728. The predicted molar refractivity (Wildman–Crippen MR) is 84.4 cm³/mol. The molecule has 112 valence electrons. The van der Waals surface area contributed by atoms with Crippen molar-refractivity contribution in [2.75, 3.05) is 23.4 Å². The number of anilines is 2. The van der Waals surface area contributed by atoms with Crippen LogP contribution in [-0.4, -0.2) is 35.0 Å². The second-order valence-corrected chi connectivity index (χ2v) is 6.23. The average molecular weight is 306 g/mol. The zero-order valence-electron chi connectivity index (χ0n) is 12.0. The number of carbonyl (C=O) groups is 1. The number of nitrogens with zero attached hydrogens (tertiary/aromatic N) is 3. The molecule has 3 rings (SSSR count).